The lowest BCUT2D eigenvalue weighted by Gasteiger charge is -2.24. The van der Waals surface area contributed by atoms with Crippen molar-refractivity contribution in [3.8, 4) is 0 Å². The number of hydrogen-bond donors (Lipinski definition) is 1. The van der Waals surface area contributed by atoms with Crippen molar-refractivity contribution in [2.24, 2.45) is 11.8 Å². The maximum Gasteiger partial charge on any atom is 0.0106 e. The molecular weight excluding hydrogens is 190 g/mol. The fourth-order valence-corrected chi connectivity index (χ4v) is 3.69. The molecule has 0 spiro atoms. The third-order valence-electron chi connectivity index (χ3n) is 3.47. The first-order valence-electron chi connectivity index (χ1n) is 6.21. The summed E-state index contributed by atoms with van der Waals surface area (Å²) in [6.07, 6.45) is 7.21. The van der Waals surface area contributed by atoms with Gasteiger partial charge >= 0.3 is 0 Å². The summed E-state index contributed by atoms with van der Waals surface area (Å²) < 4.78 is 0. The summed E-state index contributed by atoms with van der Waals surface area (Å²) in [5.74, 6) is 4.87. The molecule has 2 heteroatoms. The smallest absolute Gasteiger partial charge is 0.0106 e. The van der Waals surface area contributed by atoms with Crippen LogP contribution in [0.4, 0.5) is 0 Å². The summed E-state index contributed by atoms with van der Waals surface area (Å²) in [6, 6.07) is 0.845. The van der Waals surface area contributed by atoms with Crippen molar-refractivity contribution < 1.29 is 0 Å². The Morgan fingerprint density at radius 2 is 2.21 bits per heavy atom. The van der Waals surface area contributed by atoms with Crippen molar-refractivity contribution in [3.05, 3.63) is 0 Å². The lowest BCUT2D eigenvalue weighted by Crippen LogP contribution is -2.37. The van der Waals surface area contributed by atoms with Crippen LogP contribution in [0.2, 0.25) is 0 Å². The molecule has 1 saturated heterocycles. The Morgan fingerprint density at radius 1 is 1.36 bits per heavy atom. The van der Waals surface area contributed by atoms with Gasteiger partial charge in [0.05, 0.1) is 0 Å². The van der Waals surface area contributed by atoms with Crippen molar-refractivity contribution in [1.82, 2.24) is 5.32 Å². The van der Waals surface area contributed by atoms with Gasteiger partial charge in [0.2, 0.25) is 0 Å². The lowest BCUT2D eigenvalue weighted by molar-refractivity contribution is 0.349. The molecule has 1 N–H and O–H groups in total. The highest BCUT2D eigenvalue weighted by atomic mass is 32.2. The molecule has 0 bridgehead atoms. The van der Waals surface area contributed by atoms with Gasteiger partial charge in [-0.25, -0.2) is 0 Å². The first-order valence-corrected chi connectivity index (χ1v) is 7.36. The standard InChI is InChI=1S/C12H23NS/c1-2-6-13-12(8-10-3-4-10)11-5-7-14-9-11/h10-13H,2-9H2,1H3. The molecule has 0 aromatic carbocycles. The predicted molar refractivity (Wildman–Crippen MR) is 64.9 cm³/mol. The summed E-state index contributed by atoms with van der Waals surface area (Å²) in [5.41, 5.74) is 0. The van der Waals surface area contributed by atoms with Crippen molar-refractivity contribution in [2.75, 3.05) is 18.1 Å². The van der Waals surface area contributed by atoms with Crippen LogP contribution in [0.3, 0.4) is 0 Å². The fourth-order valence-electron chi connectivity index (χ4n) is 2.35. The summed E-state index contributed by atoms with van der Waals surface area (Å²) in [5, 5.41) is 3.77. The molecule has 2 atom stereocenters. The van der Waals surface area contributed by atoms with Crippen LogP contribution in [0.15, 0.2) is 0 Å². The van der Waals surface area contributed by atoms with Gasteiger partial charge in [0.15, 0.2) is 0 Å². The van der Waals surface area contributed by atoms with Crippen LogP contribution in [0.25, 0.3) is 0 Å². The number of thioether (sulfide) groups is 1. The van der Waals surface area contributed by atoms with Gasteiger partial charge in [0.25, 0.3) is 0 Å². The van der Waals surface area contributed by atoms with Crippen molar-refractivity contribution in [1.29, 1.82) is 0 Å². The molecular formula is C12H23NS. The molecule has 14 heavy (non-hydrogen) atoms. The molecule has 1 nitrogen and oxygen atoms in total. The molecule has 2 unspecified atom stereocenters. The zero-order chi connectivity index (χ0) is 9.80. The van der Waals surface area contributed by atoms with E-state index in [-0.39, 0.29) is 0 Å². The first kappa shape index (κ1) is 10.8. The Bertz CT molecular complexity index is 162. The maximum atomic E-state index is 3.77. The Balaban J connectivity index is 1.76. The third kappa shape index (κ3) is 3.16. The maximum absolute atomic E-state index is 3.77. The highest BCUT2D eigenvalue weighted by molar-refractivity contribution is 7.99. The molecule has 2 rings (SSSR count). The molecule has 0 radical (unpaired) electrons. The molecule has 1 saturated carbocycles. The molecule has 0 amide bonds. The van der Waals surface area contributed by atoms with Crippen molar-refractivity contribution >= 4 is 11.8 Å². The van der Waals surface area contributed by atoms with Gasteiger partial charge in [-0.05, 0) is 49.1 Å². The third-order valence-corrected chi connectivity index (χ3v) is 4.66. The monoisotopic (exact) mass is 213 g/mol. The van der Waals surface area contributed by atoms with E-state index < -0.39 is 0 Å². The van der Waals surface area contributed by atoms with Crippen LogP contribution in [-0.2, 0) is 0 Å². The van der Waals surface area contributed by atoms with E-state index in [2.05, 4.69) is 24.0 Å². The van der Waals surface area contributed by atoms with Crippen LogP contribution in [0, 0.1) is 11.8 Å². The summed E-state index contributed by atoms with van der Waals surface area (Å²) in [4.78, 5) is 0. The van der Waals surface area contributed by atoms with Crippen molar-refractivity contribution in [3.63, 3.8) is 0 Å². The number of hydrogen-bond acceptors (Lipinski definition) is 2. The van der Waals surface area contributed by atoms with Crippen LogP contribution in [0.1, 0.15) is 39.0 Å². The lowest BCUT2D eigenvalue weighted by atomic mass is 9.94. The van der Waals surface area contributed by atoms with E-state index in [9.17, 15) is 0 Å². The Kier molecular flexibility index (Phi) is 4.18. The fraction of sp³-hybridized carbons (Fsp3) is 1.00. The molecule has 1 aliphatic carbocycles. The van der Waals surface area contributed by atoms with E-state index in [1.165, 1.54) is 50.2 Å². The molecule has 2 aliphatic rings. The van der Waals surface area contributed by atoms with E-state index in [0.717, 1.165) is 17.9 Å². The van der Waals surface area contributed by atoms with E-state index in [1.54, 1.807) is 0 Å². The zero-order valence-corrected chi connectivity index (χ0v) is 10.1. The van der Waals surface area contributed by atoms with Gasteiger partial charge in [0, 0.05) is 6.04 Å². The van der Waals surface area contributed by atoms with Gasteiger partial charge in [0.1, 0.15) is 0 Å². The minimum Gasteiger partial charge on any atom is -0.314 e. The molecule has 1 aliphatic heterocycles. The molecule has 82 valence electrons. The Labute approximate surface area is 92.4 Å². The average molecular weight is 213 g/mol. The number of rotatable bonds is 6. The minimum atomic E-state index is 0.845. The zero-order valence-electron chi connectivity index (χ0n) is 9.30. The van der Waals surface area contributed by atoms with Gasteiger partial charge in [-0.2, -0.15) is 11.8 Å². The predicted octanol–water partition coefficient (Wildman–Crippen LogP) is 2.91. The minimum absolute atomic E-state index is 0.845. The average Bonchev–Trinajstić information content (AvgIpc) is 2.84. The van der Waals surface area contributed by atoms with E-state index in [4.69, 9.17) is 0 Å². The van der Waals surface area contributed by atoms with Gasteiger partial charge in [-0.15, -0.1) is 0 Å². The second-order valence-corrected chi connectivity index (χ2v) is 6.01. The van der Waals surface area contributed by atoms with E-state index in [1.807, 2.05) is 0 Å². The molecule has 0 aromatic rings. The normalized spacial score (nSPS) is 29.4. The van der Waals surface area contributed by atoms with Crippen LogP contribution in [-0.4, -0.2) is 24.1 Å². The van der Waals surface area contributed by atoms with E-state index in [0.29, 0.717) is 0 Å². The number of nitrogens with one attached hydrogen (secondary N) is 1. The first-order chi connectivity index (χ1) is 6.90. The second-order valence-electron chi connectivity index (χ2n) is 4.86. The largest absolute Gasteiger partial charge is 0.314 e. The summed E-state index contributed by atoms with van der Waals surface area (Å²) in [6.45, 7) is 3.49. The quantitative estimate of drug-likeness (QED) is 0.728. The molecule has 1 heterocycles. The molecule has 0 aromatic heterocycles. The van der Waals surface area contributed by atoms with Crippen molar-refractivity contribution in [2.45, 2.75) is 45.1 Å². The van der Waals surface area contributed by atoms with Crippen LogP contribution >= 0.6 is 11.8 Å². The van der Waals surface area contributed by atoms with Gasteiger partial charge < -0.3 is 5.32 Å². The summed E-state index contributed by atoms with van der Waals surface area (Å²) in [7, 11) is 0. The Morgan fingerprint density at radius 3 is 2.79 bits per heavy atom. The second kappa shape index (κ2) is 5.41. The van der Waals surface area contributed by atoms with Crippen LogP contribution < -0.4 is 5.32 Å². The SMILES string of the molecule is CCCNC(CC1CC1)C1CCSC1. The highest BCUT2D eigenvalue weighted by Crippen LogP contribution is 2.37. The van der Waals surface area contributed by atoms with Gasteiger partial charge in [-0.3, -0.25) is 0 Å². The van der Waals surface area contributed by atoms with E-state index >= 15 is 0 Å². The topological polar surface area (TPSA) is 12.0 Å². The summed E-state index contributed by atoms with van der Waals surface area (Å²) >= 11 is 2.15. The van der Waals surface area contributed by atoms with Gasteiger partial charge in [-0.1, -0.05) is 19.8 Å². The van der Waals surface area contributed by atoms with Crippen LogP contribution in [0.5, 0.6) is 0 Å². The Hall–Kier alpha value is 0.310. The highest BCUT2D eigenvalue weighted by Gasteiger charge is 2.31. The molecule has 2 fully saturated rings.